The molecule has 1 aliphatic carbocycles. The van der Waals surface area contributed by atoms with Gasteiger partial charge in [-0.1, -0.05) is 92.7 Å². The van der Waals surface area contributed by atoms with Crippen molar-refractivity contribution in [1.29, 1.82) is 0 Å². The summed E-state index contributed by atoms with van der Waals surface area (Å²) in [5, 5.41) is 17.8. The molecule has 0 radical (unpaired) electrons. The fourth-order valence-corrected chi connectivity index (χ4v) is 7.58. The first-order valence-corrected chi connectivity index (χ1v) is 19.7. The van der Waals surface area contributed by atoms with E-state index >= 15 is 0 Å². The molecule has 0 aromatic heterocycles. The normalized spacial score (nSPS) is 13.3. The van der Waals surface area contributed by atoms with Crippen LogP contribution in [0.2, 0.25) is 0 Å². The van der Waals surface area contributed by atoms with Crippen LogP contribution in [-0.2, 0) is 25.5 Å². The Balaban J connectivity index is 1.34. The number of hydrogen-bond donors (Lipinski definition) is 2. The van der Waals surface area contributed by atoms with E-state index in [1.54, 1.807) is 6.92 Å². The minimum Gasteiger partial charge on any atom is -0.493 e. The Morgan fingerprint density at radius 1 is 0.847 bits per heavy atom. The summed E-state index contributed by atoms with van der Waals surface area (Å²) in [5.41, 5.74) is 4.93. The van der Waals surface area contributed by atoms with E-state index in [1.165, 1.54) is 50.2 Å². The molecule has 0 bridgehead atoms. The number of rotatable bonds is 18. The van der Waals surface area contributed by atoms with Crippen molar-refractivity contribution in [3.63, 3.8) is 0 Å². The van der Waals surface area contributed by atoms with Gasteiger partial charge < -0.3 is 29.7 Å². The molecule has 0 saturated heterocycles. The molecule has 3 atom stereocenters. The van der Waals surface area contributed by atoms with E-state index in [4.69, 9.17) is 14.2 Å². The van der Waals surface area contributed by atoms with Crippen molar-refractivity contribution in [3.05, 3.63) is 123 Å². The van der Waals surface area contributed by atoms with Crippen molar-refractivity contribution < 1.29 is 38.3 Å². The summed E-state index contributed by atoms with van der Waals surface area (Å²) in [6.45, 7) is 5.43. The number of ether oxygens (including phenoxy) is 3. The maximum Gasteiger partial charge on any atom is 0.410 e. The van der Waals surface area contributed by atoms with E-state index < -0.39 is 41.0 Å². The van der Waals surface area contributed by atoms with Crippen molar-refractivity contribution >= 4 is 29.5 Å². The van der Waals surface area contributed by atoms with Crippen LogP contribution in [0.4, 0.5) is 10.5 Å². The van der Waals surface area contributed by atoms with Gasteiger partial charge in [0, 0.05) is 39.9 Å². The van der Waals surface area contributed by atoms with Crippen LogP contribution < -0.4 is 20.1 Å². The lowest BCUT2D eigenvalue weighted by atomic mass is 9.98. The summed E-state index contributed by atoms with van der Waals surface area (Å²) < 4.78 is 17.2. The number of amides is 4. The number of hydrogen-bond acceptors (Lipinski definition) is 9. The quantitative estimate of drug-likeness (QED) is 0.0634. The predicted molar refractivity (Wildman–Crippen MR) is 223 cm³/mol. The SMILES string of the molecule is CNC(=O)CCCOc1cc([N+](=O)[O-])c(C(C)NC(=O)[C@H](Cc2ccccc2)N(C)C(=O)[C@H](C(C)C)N(C)C(=O)OCC2c3ccccc3-c3ccccc32)cc1OC. The highest BCUT2D eigenvalue weighted by Gasteiger charge is 2.39. The zero-order chi connectivity index (χ0) is 42.8. The fourth-order valence-electron chi connectivity index (χ4n) is 7.58. The molecule has 2 N–H and O–H groups in total. The third-order valence-electron chi connectivity index (χ3n) is 10.7. The van der Waals surface area contributed by atoms with Gasteiger partial charge in [-0.05, 0) is 53.1 Å². The van der Waals surface area contributed by atoms with Gasteiger partial charge in [0.1, 0.15) is 18.7 Å². The first-order chi connectivity index (χ1) is 28.3. The van der Waals surface area contributed by atoms with Gasteiger partial charge in [-0.25, -0.2) is 4.79 Å². The summed E-state index contributed by atoms with van der Waals surface area (Å²) in [6.07, 6.45) is 0.0337. The largest absolute Gasteiger partial charge is 0.493 e. The number of fused-ring (bicyclic) bond motifs is 3. The lowest BCUT2D eigenvalue weighted by Crippen LogP contribution is -2.57. The second-order valence-electron chi connectivity index (χ2n) is 14.9. The molecule has 5 rings (SSSR count). The van der Waals surface area contributed by atoms with Crippen LogP contribution >= 0.6 is 0 Å². The number of nitrogens with one attached hydrogen (secondary N) is 2. The molecule has 1 unspecified atom stereocenters. The van der Waals surface area contributed by atoms with Gasteiger partial charge in [0.25, 0.3) is 5.69 Å². The van der Waals surface area contributed by atoms with E-state index in [9.17, 15) is 29.3 Å². The molecule has 0 heterocycles. The van der Waals surface area contributed by atoms with Crippen LogP contribution in [-0.4, -0.2) is 92.1 Å². The van der Waals surface area contributed by atoms with Gasteiger partial charge in [0.15, 0.2) is 11.5 Å². The van der Waals surface area contributed by atoms with Crippen molar-refractivity contribution in [2.24, 2.45) is 5.92 Å². The maximum atomic E-state index is 14.5. The highest BCUT2D eigenvalue weighted by molar-refractivity contribution is 5.92. The Kier molecular flexibility index (Phi) is 14.7. The van der Waals surface area contributed by atoms with Gasteiger partial charge in [-0.3, -0.25) is 29.4 Å². The Bertz CT molecular complexity index is 2100. The summed E-state index contributed by atoms with van der Waals surface area (Å²) >= 11 is 0. The zero-order valence-corrected chi connectivity index (χ0v) is 34.6. The Morgan fingerprint density at radius 2 is 1.46 bits per heavy atom. The molecule has 14 heteroatoms. The summed E-state index contributed by atoms with van der Waals surface area (Å²) in [7, 11) is 5.96. The molecule has 0 saturated carbocycles. The van der Waals surface area contributed by atoms with E-state index in [0.717, 1.165) is 27.8 Å². The van der Waals surface area contributed by atoms with E-state index in [2.05, 4.69) is 22.8 Å². The molecule has 59 heavy (non-hydrogen) atoms. The standard InChI is InChI=1S/C45H53N5O9/c1-28(2)42(49(6)45(54)59-27-36-33-20-13-11-18-31(33)32-19-12-14-21-34(32)36)44(53)48(5)38(24-30-16-9-8-10-17-30)43(52)47-29(3)35-25-39(57-7)40(26-37(35)50(55)56)58-23-15-22-41(51)46-4/h8-14,16-21,25-26,28-29,36,38,42H,15,22-24,27H2,1-7H3,(H,46,51)(H,47,52)/t29?,38-,42-/m0/s1. The minimum absolute atomic E-state index is 0.0741. The number of nitro groups is 1. The average Bonchev–Trinajstić information content (AvgIpc) is 3.56. The lowest BCUT2D eigenvalue weighted by Gasteiger charge is -2.36. The molecule has 4 aromatic rings. The molecular weight excluding hydrogens is 755 g/mol. The first-order valence-electron chi connectivity index (χ1n) is 19.7. The average molecular weight is 808 g/mol. The van der Waals surface area contributed by atoms with Gasteiger partial charge in [0.2, 0.25) is 17.7 Å². The third-order valence-corrected chi connectivity index (χ3v) is 10.7. The smallest absolute Gasteiger partial charge is 0.410 e. The Hall–Kier alpha value is -6.44. The van der Waals surface area contributed by atoms with Crippen LogP contribution in [0.1, 0.15) is 67.8 Å². The molecular formula is C45H53N5O9. The summed E-state index contributed by atoms with van der Waals surface area (Å²) in [6, 6.07) is 24.9. The van der Waals surface area contributed by atoms with Crippen LogP contribution in [0.25, 0.3) is 11.1 Å². The zero-order valence-electron chi connectivity index (χ0n) is 34.6. The molecule has 0 spiro atoms. The molecule has 312 valence electrons. The predicted octanol–water partition coefficient (Wildman–Crippen LogP) is 6.66. The Labute approximate surface area is 345 Å². The number of methoxy groups -OCH3 is 1. The molecule has 4 amide bonds. The number of benzene rings is 4. The first kappa shape index (κ1) is 43.7. The van der Waals surface area contributed by atoms with E-state index in [1.807, 2.05) is 80.6 Å². The topological polar surface area (TPSA) is 170 Å². The van der Waals surface area contributed by atoms with Crippen molar-refractivity contribution in [2.45, 2.75) is 64.1 Å². The van der Waals surface area contributed by atoms with Gasteiger partial charge in [0.05, 0.1) is 36.3 Å². The molecule has 14 nitrogen and oxygen atoms in total. The van der Waals surface area contributed by atoms with E-state index in [-0.39, 0.29) is 66.5 Å². The highest BCUT2D eigenvalue weighted by Crippen LogP contribution is 2.44. The number of nitro benzene ring substituents is 1. The maximum absolute atomic E-state index is 14.5. The number of nitrogens with zero attached hydrogens (tertiary/aromatic N) is 3. The number of carbonyl (C=O) groups is 4. The van der Waals surface area contributed by atoms with Crippen molar-refractivity contribution in [2.75, 3.05) is 41.5 Å². The monoisotopic (exact) mass is 807 g/mol. The molecule has 0 fully saturated rings. The lowest BCUT2D eigenvalue weighted by molar-refractivity contribution is -0.385. The van der Waals surface area contributed by atoms with Crippen LogP contribution in [0, 0.1) is 16.0 Å². The fraction of sp³-hybridized carbons (Fsp3) is 0.378. The van der Waals surface area contributed by atoms with Crippen LogP contribution in [0.15, 0.2) is 91.0 Å². The molecule has 4 aromatic carbocycles. The third kappa shape index (κ3) is 10.2. The van der Waals surface area contributed by atoms with Gasteiger partial charge >= 0.3 is 6.09 Å². The molecule has 1 aliphatic rings. The van der Waals surface area contributed by atoms with Crippen LogP contribution in [0.5, 0.6) is 11.5 Å². The summed E-state index contributed by atoms with van der Waals surface area (Å²) in [4.78, 5) is 68.5. The second kappa shape index (κ2) is 19.8. The van der Waals surface area contributed by atoms with Crippen molar-refractivity contribution in [1.82, 2.24) is 20.4 Å². The second-order valence-corrected chi connectivity index (χ2v) is 14.9. The van der Waals surface area contributed by atoms with Gasteiger partial charge in [-0.15, -0.1) is 0 Å². The minimum atomic E-state index is -1.08. The number of carbonyl (C=O) groups excluding carboxylic acids is 4. The molecule has 0 aliphatic heterocycles. The van der Waals surface area contributed by atoms with E-state index in [0.29, 0.717) is 6.42 Å². The van der Waals surface area contributed by atoms with Gasteiger partial charge in [-0.2, -0.15) is 0 Å². The summed E-state index contributed by atoms with van der Waals surface area (Å²) in [5.74, 6) is -1.42. The van der Waals surface area contributed by atoms with Crippen molar-refractivity contribution in [3.8, 4) is 22.6 Å². The Morgan fingerprint density at radius 3 is 2.03 bits per heavy atom. The number of likely N-dealkylation sites (N-methyl/N-ethyl adjacent to an activating group) is 2. The highest BCUT2D eigenvalue weighted by atomic mass is 16.6. The van der Waals surface area contributed by atoms with Crippen LogP contribution in [0.3, 0.4) is 0 Å².